The molecule has 1 amide bonds. The number of hydrogen-bond acceptors (Lipinski definition) is 3. The van der Waals surface area contributed by atoms with E-state index in [-0.39, 0.29) is 18.1 Å². The van der Waals surface area contributed by atoms with Gasteiger partial charge in [-0.25, -0.2) is 0 Å². The summed E-state index contributed by atoms with van der Waals surface area (Å²) in [5.74, 6) is 0.877. The highest BCUT2D eigenvalue weighted by Gasteiger charge is 2.32. The number of carbonyl (C=O) groups is 1. The predicted octanol–water partition coefficient (Wildman–Crippen LogP) is 0.671. The van der Waals surface area contributed by atoms with Crippen LogP contribution >= 0.6 is 0 Å². The number of nitrogens with one attached hydrogen (secondary N) is 2. The van der Waals surface area contributed by atoms with E-state index in [4.69, 9.17) is 4.74 Å². The highest BCUT2D eigenvalue weighted by atomic mass is 16.5. The Morgan fingerprint density at radius 2 is 2.25 bits per heavy atom. The Morgan fingerprint density at radius 3 is 2.75 bits per heavy atom. The first kappa shape index (κ1) is 11.9. The molecule has 0 atom stereocenters. The molecule has 2 fully saturated rings. The molecule has 2 aliphatic rings. The molecule has 1 saturated carbocycles. The average Bonchev–Trinajstić information content (AvgIpc) is 2.16. The standard InChI is InChI=1S/C12H22N2O2/c1-12(8-13-9-12)16-7-11(15)14-6-5-10-3-2-4-10/h10,13H,2-9H2,1H3,(H,14,15). The summed E-state index contributed by atoms with van der Waals surface area (Å²) in [6.45, 7) is 4.74. The fourth-order valence-corrected chi connectivity index (χ4v) is 2.07. The first-order valence-corrected chi connectivity index (χ1v) is 6.29. The maximum Gasteiger partial charge on any atom is 0.246 e. The number of ether oxygens (including phenoxy) is 1. The van der Waals surface area contributed by atoms with Crippen LogP contribution in [0.1, 0.15) is 32.6 Å². The van der Waals surface area contributed by atoms with Crippen LogP contribution in [0.2, 0.25) is 0 Å². The molecular formula is C12H22N2O2. The van der Waals surface area contributed by atoms with Gasteiger partial charge in [0.25, 0.3) is 0 Å². The van der Waals surface area contributed by atoms with E-state index in [1.54, 1.807) is 0 Å². The van der Waals surface area contributed by atoms with Gasteiger partial charge in [0.05, 0.1) is 5.60 Å². The van der Waals surface area contributed by atoms with Crippen molar-refractivity contribution in [2.45, 2.75) is 38.2 Å². The molecule has 0 spiro atoms. The van der Waals surface area contributed by atoms with Crippen molar-refractivity contribution in [1.29, 1.82) is 0 Å². The smallest absolute Gasteiger partial charge is 0.246 e. The minimum absolute atomic E-state index is 0.0208. The third-order valence-electron chi connectivity index (χ3n) is 3.65. The van der Waals surface area contributed by atoms with Gasteiger partial charge in [-0.15, -0.1) is 0 Å². The van der Waals surface area contributed by atoms with E-state index >= 15 is 0 Å². The summed E-state index contributed by atoms with van der Waals surface area (Å²) >= 11 is 0. The lowest BCUT2D eigenvalue weighted by Crippen LogP contribution is -2.59. The summed E-state index contributed by atoms with van der Waals surface area (Å²) in [4.78, 5) is 11.5. The molecular weight excluding hydrogens is 204 g/mol. The Hall–Kier alpha value is -0.610. The largest absolute Gasteiger partial charge is 0.363 e. The Morgan fingerprint density at radius 1 is 1.50 bits per heavy atom. The Bertz CT molecular complexity index is 247. The fraction of sp³-hybridized carbons (Fsp3) is 0.917. The van der Waals surface area contributed by atoms with Gasteiger partial charge >= 0.3 is 0 Å². The minimum Gasteiger partial charge on any atom is -0.363 e. The van der Waals surface area contributed by atoms with Gasteiger partial charge in [-0.3, -0.25) is 4.79 Å². The van der Waals surface area contributed by atoms with Crippen LogP contribution in [0.5, 0.6) is 0 Å². The third-order valence-corrected chi connectivity index (χ3v) is 3.65. The Labute approximate surface area is 97.1 Å². The molecule has 2 rings (SSSR count). The fourth-order valence-electron chi connectivity index (χ4n) is 2.07. The lowest BCUT2D eigenvalue weighted by Gasteiger charge is -2.38. The summed E-state index contributed by atoms with van der Waals surface area (Å²) in [7, 11) is 0. The van der Waals surface area contributed by atoms with E-state index in [2.05, 4.69) is 10.6 Å². The first-order valence-electron chi connectivity index (χ1n) is 6.29. The predicted molar refractivity (Wildman–Crippen MR) is 62.2 cm³/mol. The molecule has 0 unspecified atom stereocenters. The zero-order valence-corrected chi connectivity index (χ0v) is 10.1. The summed E-state index contributed by atoms with van der Waals surface area (Å²) in [6.07, 6.45) is 5.18. The van der Waals surface area contributed by atoms with Crippen molar-refractivity contribution < 1.29 is 9.53 Å². The highest BCUT2D eigenvalue weighted by molar-refractivity contribution is 5.77. The van der Waals surface area contributed by atoms with Crippen molar-refractivity contribution >= 4 is 5.91 Å². The molecule has 1 saturated heterocycles. The van der Waals surface area contributed by atoms with Crippen LogP contribution in [-0.2, 0) is 9.53 Å². The van der Waals surface area contributed by atoms with Gasteiger partial charge in [-0.05, 0) is 19.3 Å². The maximum atomic E-state index is 11.5. The van der Waals surface area contributed by atoms with Crippen LogP contribution in [0.25, 0.3) is 0 Å². The van der Waals surface area contributed by atoms with E-state index in [1.807, 2.05) is 6.92 Å². The van der Waals surface area contributed by atoms with E-state index in [0.29, 0.717) is 0 Å². The van der Waals surface area contributed by atoms with Gasteiger partial charge in [0.2, 0.25) is 5.91 Å². The Balaban J connectivity index is 1.50. The molecule has 0 aromatic rings. The molecule has 1 aliphatic carbocycles. The molecule has 4 nitrogen and oxygen atoms in total. The third kappa shape index (κ3) is 3.19. The SMILES string of the molecule is CC1(OCC(=O)NCCC2CCC2)CNC1. The van der Waals surface area contributed by atoms with Crippen LogP contribution in [0.3, 0.4) is 0 Å². The first-order chi connectivity index (χ1) is 7.68. The minimum atomic E-state index is -0.120. The van der Waals surface area contributed by atoms with E-state index in [1.165, 1.54) is 19.3 Å². The van der Waals surface area contributed by atoms with Crippen LogP contribution in [-0.4, -0.2) is 37.7 Å². The normalized spacial score (nSPS) is 23.3. The second kappa shape index (κ2) is 5.15. The number of rotatable bonds is 6. The van der Waals surface area contributed by atoms with Crippen molar-refractivity contribution in [3.8, 4) is 0 Å². The number of amides is 1. The summed E-state index contributed by atoms with van der Waals surface area (Å²) in [5, 5.41) is 6.06. The van der Waals surface area contributed by atoms with E-state index in [0.717, 1.165) is 32.0 Å². The topological polar surface area (TPSA) is 50.4 Å². The molecule has 0 aromatic heterocycles. The second-order valence-electron chi connectivity index (χ2n) is 5.28. The van der Waals surface area contributed by atoms with Crippen molar-refractivity contribution in [3.05, 3.63) is 0 Å². The molecule has 4 heteroatoms. The summed E-state index contributed by atoms with van der Waals surface area (Å²) < 4.78 is 5.55. The molecule has 1 heterocycles. The van der Waals surface area contributed by atoms with Crippen molar-refractivity contribution in [2.75, 3.05) is 26.2 Å². The number of hydrogen-bond donors (Lipinski definition) is 2. The van der Waals surface area contributed by atoms with Crippen LogP contribution < -0.4 is 10.6 Å². The van der Waals surface area contributed by atoms with Gasteiger partial charge in [0.15, 0.2) is 0 Å². The molecule has 0 radical (unpaired) electrons. The zero-order valence-electron chi connectivity index (χ0n) is 10.1. The van der Waals surface area contributed by atoms with Gasteiger partial charge in [-0.2, -0.15) is 0 Å². The highest BCUT2D eigenvalue weighted by Crippen LogP contribution is 2.28. The summed E-state index contributed by atoms with van der Waals surface area (Å²) in [5.41, 5.74) is -0.120. The maximum absolute atomic E-state index is 11.5. The average molecular weight is 226 g/mol. The van der Waals surface area contributed by atoms with Crippen LogP contribution in [0.15, 0.2) is 0 Å². The molecule has 0 aromatic carbocycles. The quantitative estimate of drug-likeness (QED) is 0.700. The van der Waals surface area contributed by atoms with E-state index in [9.17, 15) is 4.79 Å². The van der Waals surface area contributed by atoms with Gasteiger partial charge in [0.1, 0.15) is 6.61 Å². The van der Waals surface area contributed by atoms with Gasteiger partial charge in [-0.1, -0.05) is 19.3 Å². The summed E-state index contributed by atoms with van der Waals surface area (Å²) in [6, 6.07) is 0. The van der Waals surface area contributed by atoms with Crippen LogP contribution in [0, 0.1) is 5.92 Å². The zero-order chi connectivity index (χ0) is 11.4. The Kier molecular flexibility index (Phi) is 3.82. The van der Waals surface area contributed by atoms with Gasteiger partial charge in [0, 0.05) is 19.6 Å². The molecule has 2 N–H and O–H groups in total. The van der Waals surface area contributed by atoms with Crippen molar-refractivity contribution in [2.24, 2.45) is 5.92 Å². The van der Waals surface area contributed by atoms with Crippen LogP contribution in [0.4, 0.5) is 0 Å². The lowest BCUT2D eigenvalue weighted by molar-refractivity contribution is -0.135. The van der Waals surface area contributed by atoms with Gasteiger partial charge < -0.3 is 15.4 Å². The molecule has 1 aliphatic heterocycles. The molecule has 92 valence electrons. The second-order valence-corrected chi connectivity index (χ2v) is 5.28. The van der Waals surface area contributed by atoms with E-state index < -0.39 is 0 Å². The molecule has 0 bridgehead atoms. The molecule has 16 heavy (non-hydrogen) atoms. The van der Waals surface area contributed by atoms with Crippen molar-refractivity contribution in [3.63, 3.8) is 0 Å². The lowest BCUT2D eigenvalue weighted by atomic mass is 9.83. The van der Waals surface area contributed by atoms with Crippen molar-refractivity contribution in [1.82, 2.24) is 10.6 Å². The number of carbonyl (C=O) groups excluding carboxylic acids is 1. The monoisotopic (exact) mass is 226 g/mol.